The molecule has 2 fully saturated rings. The first-order chi connectivity index (χ1) is 20.5. The maximum atomic E-state index is 14.1. The van der Waals surface area contributed by atoms with Gasteiger partial charge < -0.3 is 25.4 Å². The van der Waals surface area contributed by atoms with Crippen molar-refractivity contribution in [3.05, 3.63) is 42.5 Å². The molecule has 2 aromatic rings. The lowest BCUT2D eigenvalue weighted by Crippen LogP contribution is -2.56. The van der Waals surface area contributed by atoms with Gasteiger partial charge in [-0.15, -0.1) is 10.2 Å². The summed E-state index contributed by atoms with van der Waals surface area (Å²) in [6.07, 6.45) is 6.98. The second kappa shape index (κ2) is 12.1. The molecule has 0 unspecified atom stereocenters. The number of tetrazole rings is 1. The number of alkyl carbamates (subject to hydrolysis) is 1. The van der Waals surface area contributed by atoms with Gasteiger partial charge in [0.25, 0.3) is 0 Å². The van der Waals surface area contributed by atoms with Crippen molar-refractivity contribution in [2.24, 2.45) is 5.92 Å². The minimum absolute atomic E-state index is 0.0808. The van der Waals surface area contributed by atoms with E-state index < -0.39 is 53.1 Å². The number of carbonyl (C=O) groups excluding carboxylic acids is 3. The van der Waals surface area contributed by atoms with E-state index in [1.54, 1.807) is 20.8 Å². The summed E-state index contributed by atoms with van der Waals surface area (Å²) in [4.78, 5) is 55.7. The Bertz CT molecular complexity index is 1390. The maximum Gasteiger partial charge on any atom is 0.408 e. The molecule has 43 heavy (non-hydrogen) atoms. The molecule has 0 spiro atoms. The number of fused-ring (bicyclic) bond motifs is 2. The van der Waals surface area contributed by atoms with Crippen LogP contribution in [0.5, 0.6) is 0 Å². The number of nitrogens with zero attached hydrogens (tertiary/aromatic N) is 5. The van der Waals surface area contributed by atoms with Crippen molar-refractivity contribution in [3.63, 3.8) is 0 Å². The fourth-order valence-electron chi connectivity index (χ4n) is 5.78. The first-order valence-electron chi connectivity index (χ1n) is 14.8. The summed E-state index contributed by atoms with van der Waals surface area (Å²) in [5, 5.41) is 28.4. The lowest BCUT2D eigenvalue weighted by molar-refractivity contribution is -0.145. The molecule has 3 amide bonds. The number of ether oxygens (including phenoxy) is 1. The average molecular weight is 594 g/mol. The Morgan fingerprint density at radius 1 is 1.14 bits per heavy atom. The van der Waals surface area contributed by atoms with Crippen molar-refractivity contribution in [3.8, 4) is 11.4 Å². The van der Waals surface area contributed by atoms with E-state index in [0.29, 0.717) is 18.7 Å². The van der Waals surface area contributed by atoms with Crippen LogP contribution < -0.4 is 10.6 Å². The molecule has 13 nitrogen and oxygen atoms in total. The van der Waals surface area contributed by atoms with E-state index >= 15 is 0 Å². The highest BCUT2D eigenvalue weighted by Crippen LogP contribution is 2.45. The van der Waals surface area contributed by atoms with E-state index in [1.807, 2.05) is 42.5 Å². The highest BCUT2D eigenvalue weighted by molar-refractivity contribution is 5.96. The molecule has 1 aromatic heterocycles. The van der Waals surface area contributed by atoms with Gasteiger partial charge in [0, 0.05) is 24.4 Å². The van der Waals surface area contributed by atoms with Crippen LogP contribution in [0.4, 0.5) is 4.79 Å². The predicted octanol–water partition coefficient (Wildman–Crippen LogP) is 2.86. The molecule has 3 N–H and O–H groups in total. The molecule has 0 bridgehead atoms. The van der Waals surface area contributed by atoms with E-state index in [9.17, 15) is 24.3 Å². The van der Waals surface area contributed by atoms with Crippen molar-refractivity contribution >= 4 is 23.9 Å². The molecule has 1 aromatic carbocycles. The first-order valence-corrected chi connectivity index (χ1v) is 14.8. The Labute approximate surface area is 250 Å². The highest BCUT2D eigenvalue weighted by atomic mass is 16.6. The topological polar surface area (TPSA) is 169 Å². The van der Waals surface area contributed by atoms with Gasteiger partial charge in [0.1, 0.15) is 23.2 Å². The second-order valence-electron chi connectivity index (χ2n) is 12.5. The third kappa shape index (κ3) is 6.86. The molecule has 3 heterocycles. The molecule has 13 heteroatoms. The lowest BCUT2D eigenvalue weighted by Gasteiger charge is -2.30. The molecule has 5 atom stereocenters. The zero-order valence-corrected chi connectivity index (χ0v) is 24.7. The average Bonchev–Trinajstić information content (AvgIpc) is 3.28. The Kier molecular flexibility index (Phi) is 8.52. The van der Waals surface area contributed by atoms with Crippen molar-refractivity contribution < 1.29 is 29.0 Å². The van der Waals surface area contributed by atoms with Crippen LogP contribution in [0.25, 0.3) is 11.4 Å². The number of carboxylic acid groups (broad SMARTS) is 1. The molecule has 230 valence electrons. The number of carboxylic acids is 1. The second-order valence-corrected chi connectivity index (χ2v) is 12.5. The predicted molar refractivity (Wildman–Crippen MR) is 154 cm³/mol. The fourth-order valence-corrected chi connectivity index (χ4v) is 5.78. The van der Waals surface area contributed by atoms with Crippen molar-refractivity contribution in [2.75, 3.05) is 6.54 Å². The van der Waals surface area contributed by atoms with E-state index in [2.05, 4.69) is 26.0 Å². The normalized spacial score (nSPS) is 28.1. The van der Waals surface area contributed by atoms with E-state index in [1.165, 1.54) is 9.70 Å². The van der Waals surface area contributed by atoms with Crippen LogP contribution >= 0.6 is 0 Å². The molecular formula is C30H39N7O6. The number of aromatic nitrogens is 4. The number of benzene rings is 1. The van der Waals surface area contributed by atoms with Gasteiger partial charge in [0.05, 0.1) is 6.04 Å². The number of amides is 3. The SMILES string of the molecule is CC(C)(C)OC(=O)N[C@H]1CCCCCC=C[C@@H]2C[C@@]2(C(=O)O)NC(=O)[C@@H]2C[C@@H](n3nnc(-c4ccccc4)n3)CN2C1=O. The molecule has 2 aliphatic heterocycles. The largest absolute Gasteiger partial charge is 0.479 e. The third-order valence-corrected chi connectivity index (χ3v) is 8.12. The number of rotatable bonds is 4. The van der Waals surface area contributed by atoms with Crippen LogP contribution in [0.2, 0.25) is 0 Å². The molecule has 0 radical (unpaired) electrons. The quantitative estimate of drug-likeness (QED) is 0.451. The summed E-state index contributed by atoms with van der Waals surface area (Å²) in [5.74, 6) is -2.04. The Hall–Kier alpha value is -4.29. The van der Waals surface area contributed by atoms with Crippen LogP contribution in [-0.2, 0) is 19.1 Å². The first kappa shape index (κ1) is 30.2. The summed E-state index contributed by atoms with van der Waals surface area (Å²) in [6, 6.07) is 6.89. The van der Waals surface area contributed by atoms with Gasteiger partial charge in [-0.25, -0.2) is 9.59 Å². The minimum Gasteiger partial charge on any atom is -0.479 e. The lowest BCUT2D eigenvalue weighted by atomic mass is 10.0. The minimum atomic E-state index is -1.42. The number of nitrogens with one attached hydrogen (secondary N) is 2. The summed E-state index contributed by atoms with van der Waals surface area (Å²) in [5.41, 5.74) is -1.41. The van der Waals surface area contributed by atoms with Gasteiger partial charge in [-0.2, -0.15) is 4.80 Å². The number of hydrogen-bond acceptors (Lipinski definition) is 8. The van der Waals surface area contributed by atoms with Gasteiger partial charge in [-0.3, -0.25) is 9.59 Å². The van der Waals surface area contributed by atoms with Crippen molar-refractivity contribution in [2.45, 2.75) is 95.0 Å². The van der Waals surface area contributed by atoms with Gasteiger partial charge in [0.15, 0.2) is 0 Å². The van der Waals surface area contributed by atoms with Gasteiger partial charge in [-0.1, -0.05) is 55.3 Å². The van der Waals surface area contributed by atoms with Gasteiger partial charge >= 0.3 is 12.1 Å². The van der Waals surface area contributed by atoms with Crippen LogP contribution in [0, 0.1) is 5.92 Å². The summed E-state index contributed by atoms with van der Waals surface area (Å²) in [6.45, 7) is 5.30. The van der Waals surface area contributed by atoms with E-state index in [0.717, 1.165) is 24.8 Å². The van der Waals surface area contributed by atoms with Crippen LogP contribution in [0.1, 0.15) is 71.8 Å². The number of hydrogen-bond donors (Lipinski definition) is 3. The fraction of sp³-hybridized carbons (Fsp3) is 0.567. The molecule has 1 saturated carbocycles. The smallest absolute Gasteiger partial charge is 0.408 e. The molecule has 1 aliphatic carbocycles. The molecule has 1 saturated heterocycles. The zero-order chi connectivity index (χ0) is 30.8. The van der Waals surface area contributed by atoms with E-state index in [-0.39, 0.29) is 25.3 Å². The Balaban J connectivity index is 1.44. The number of aliphatic carboxylic acids is 1. The Morgan fingerprint density at radius 2 is 1.91 bits per heavy atom. The summed E-state index contributed by atoms with van der Waals surface area (Å²) < 4.78 is 5.43. The van der Waals surface area contributed by atoms with Gasteiger partial charge in [0.2, 0.25) is 17.6 Å². The van der Waals surface area contributed by atoms with E-state index in [4.69, 9.17) is 4.74 Å². The molecule has 5 rings (SSSR count). The third-order valence-electron chi connectivity index (χ3n) is 8.12. The number of carbonyl (C=O) groups is 4. The maximum absolute atomic E-state index is 14.1. The molecular weight excluding hydrogens is 554 g/mol. The number of allylic oxidation sites excluding steroid dienone is 1. The zero-order valence-electron chi connectivity index (χ0n) is 24.7. The Morgan fingerprint density at radius 3 is 2.63 bits per heavy atom. The summed E-state index contributed by atoms with van der Waals surface area (Å²) in [7, 11) is 0. The highest BCUT2D eigenvalue weighted by Gasteiger charge is 2.61. The van der Waals surface area contributed by atoms with Crippen LogP contribution in [0.15, 0.2) is 42.5 Å². The standard InChI is InChI=1S/C30H39N7O6/c1-29(2,3)43-28(42)31-22-15-11-6-4-5-10-14-20-17-30(20,27(40)41)32-25(38)23-16-21(18-36(23)26(22)39)37-34-24(33-35-37)19-12-8-7-9-13-19/h7-10,12-14,20-23H,4-6,11,15-18H2,1-3H3,(H,31,42)(H,32,38)(H,40,41)/t20-,21-,22+,23+,30-/m1/s1. The van der Waals surface area contributed by atoms with Crippen molar-refractivity contribution in [1.82, 2.24) is 35.7 Å². The van der Waals surface area contributed by atoms with Crippen LogP contribution in [0.3, 0.4) is 0 Å². The summed E-state index contributed by atoms with van der Waals surface area (Å²) >= 11 is 0. The van der Waals surface area contributed by atoms with Gasteiger partial charge in [-0.05, 0) is 51.7 Å². The van der Waals surface area contributed by atoms with Crippen molar-refractivity contribution in [1.29, 1.82) is 0 Å². The monoisotopic (exact) mass is 593 g/mol. The van der Waals surface area contributed by atoms with Crippen LogP contribution in [-0.4, -0.2) is 83.9 Å². The molecule has 3 aliphatic rings.